The predicted octanol–water partition coefficient (Wildman–Crippen LogP) is 1.90. The fraction of sp³-hybridized carbons (Fsp3) is 0.933. The second kappa shape index (κ2) is 5.00. The molecule has 4 nitrogen and oxygen atoms in total. The Hall–Kier alpha value is -0.580. The highest BCUT2D eigenvalue weighted by Gasteiger charge is 2.51. The molecule has 5 heteroatoms. The Balaban J connectivity index is 1.54. The number of amides is 1. The van der Waals surface area contributed by atoms with E-state index in [1.807, 2.05) is 0 Å². The molecule has 0 aromatic rings. The van der Waals surface area contributed by atoms with Crippen molar-refractivity contribution in [2.45, 2.75) is 56.9 Å². The summed E-state index contributed by atoms with van der Waals surface area (Å²) in [4.78, 5) is 12.1. The van der Waals surface area contributed by atoms with Crippen molar-refractivity contribution < 1.29 is 13.2 Å². The Morgan fingerprint density at radius 2 is 1.60 bits per heavy atom. The monoisotopic (exact) mass is 299 g/mol. The van der Waals surface area contributed by atoms with E-state index in [1.54, 1.807) is 0 Å². The van der Waals surface area contributed by atoms with Gasteiger partial charge in [-0.05, 0) is 62.7 Å². The van der Waals surface area contributed by atoms with E-state index in [9.17, 15) is 13.2 Å². The highest BCUT2D eigenvalue weighted by molar-refractivity contribution is 7.90. The maximum atomic E-state index is 12.1. The first-order valence-electron chi connectivity index (χ1n) is 7.82. The molecule has 0 aliphatic heterocycles. The molecule has 0 spiro atoms. The van der Waals surface area contributed by atoms with Gasteiger partial charge in [-0.25, -0.2) is 8.42 Å². The van der Waals surface area contributed by atoms with Gasteiger partial charge in [0, 0.05) is 18.2 Å². The van der Waals surface area contributed by atoms with Crippen LogP contribution in [0.25, 0.3) is 0 Å². The van der Waals surface area contributed by atoms with E-state index >= 15 is 0 Å². The minimum absolute atomic E-state index is 0.0515. The van der Waals surface area contributed by atoms with Crippen molar-refractivity contribution in [3.8, 4) is 0 Å². The summed E-state index contributed by atoms with van der Waals surface area (Å²) in [5.74, 6) is 2.62. The molecule has 4 bridgehead atoms. The Kier molecular flexibility index (Phi) is 3.59. The maximum absolute atomic E-state index is 12.1. The number of rotatable bonds is 5. The third-order valence-corrected chi connectivity index (χ3v) is 6.39. The molecule has 0 radical (unpaired) electrons. The quantitative estimate of drug-likeness (QED) is 0.843. The van der Waals surface area contributed by atoms with Crippen LogP contribution in [0.2, 0.25) is 0 Å². The molecule has 0 saturated heterocycles. The largest absolute Gasteiger partial charge is 0.351 e. The van der Waals surface area contributed by atoms with Crippen LogP contribution >= 0.6 is 0 Å². The number of carbonyl (C=O) groups excluding carboxylic acids is 1. The summed E-state index contributed by atoms with van der Waals surface area (Å²) in [6.07, 6.45) is 9.55. The molecular formula is C15H25NO3S. The molecule has 4 aliphatic carbocycles. The van der Waals surface area contributed by atoms with Crippen molar-refractivity contribution in [2.24, 2.45) is 17.8 Å². The van der Waals surface area contributed by atoms with Crippen LogP contribution in [0.3, 0.4) is 0 Å². The fourth-order valence-electron chi connectivity index (χ4n) is 5.12. The summed E-state index contributed by atoms with van der Waals surface area (Å²) in [5, 5.41) is 3.28. The minimum atomic E-state index is -2.95. The van der Waals surface area contributed by atoms with E-state index in [0.29, 0.717) is 12.8 Å². The second-order valence-electron chi connectivity index (χ2n) is 7.48. The van der Waals surface area contributed by atoms with Gasteiger partial charge in [0.15, 0.2) is 0 Å². The SMILES string of the molecule is CS(=O)(=O)CCCC(=O)NC12CC3CC(CC(C3)C1)C2. The van der Waals surface area contributed by atoms with Gasteiger partial charge in [-0.1, -0.05) is 0 Å². The molecule has 4 aliphatic rings. The van der Waals surface area contributed by atoms with Gasteiger partial charge in [-0.15, -0.1) is 0 Å². The fourth-order valence-corrected chi connectivity index (χ4v) is 5.79. The molecule has 20 heavy (non-hydrogen) atoms. The summed E-state index contributed by atoms with van der Waals surface area (Å²) >= 11 is 0. The molecule has 0 heterocycles. The van der Waals surface area contributed by atoms with Crippen molar-refractivity contribution in [1.82, 2.24) is 5.32 Å². The first kappa shape index (κ1) is 14.4. The average molecular weight is 299 g/mol. The standard InChI is InChI=1S/C15H25NO3S/c1-20(18,19)4-2-3-14(17)16-15-8-11-5-12(9-15)7-13(6-11)10-15/h11-13H,2-10H2,1H3,(H,16,17). The third kappa shape index (κ3) is 3.18. The number of sulfone groups is 1. The van der Waals surface area contributed by atoms with E-state index < -0.39 is 9.84 Å². The molecule has 4 saturated carbocycles. The van der Waals surface area contributed by atoms with E-state index in [4.69, 9.17) is 0 Å². The van der Waals surface area contributed by atoms with Crippen LogP contribution in [0.1, 0.15) is 51.4 Å². The van der Waals surface area contributed by atoms with Crippen molar-refractivity contribution in [2.75, 3.05) is 12.0 Å². The molecule has 4 rings (SSSR count). The zero-order chi connectivity index (χ0) is 14.4. The molecule has 0 aromatic heterocycles. The average Bonchev–Trinajstić information content (AvgIpc) is 2.23. The molecule has 4 fully saturated rings. The Morgan fingerprint density at radius 3 is 2.05 bits per heavy atom. The lowest BCUT2D eigenvalue weighted by Crippen LogP contribution is -2.59. The number of hydrogen-bond donors (Lipinski definition) is 1. The van der Waals surface area contributed by atoms with Crippen LogP contribution in [-0.4, -0.2) is 31.9 Å². The van der Waals surface area contributed by atoms with E-state index in [0.717, 1.165) is 37.0 Å². The normalized spacial score (nSPS) is 39.0. The van der Waals surface area contributed by atoms with Gasteiger partial charge >= 0.3 is 0 Å². The summed E-state index contributed by atoms with van der Waals surface area (Å²) in [7, 11) is -2.95. The molecule has 1 amide bonds. The lowest BCUT2D eigenvalue weighted by Gasteiger charge is -2.56. The van der Waals surface area contributed by atoms with Gasteiger partial charge in [0.1, 0.15) is 9.84 Å². The lowest BCUT2D eigenvalue weighted by molar-refractivity contribution is -0.126. The topological polar surface area (TPSA) is 63.2 Å². The van der Waals surface area contributed by atoms with Gasteiger partial charge < -0.3 is 5.32 Å². The summed E-state index contributed by atoms with van der Waals surface area (Å²) < 4.78 is 22.2. The minimum Gasteiger partial charge on any atom is -0.351 e. The number of hydrogen-bond acceptors (Lipinski definition) is 3. The van der Waals surface area contributed by atoms with Gasteiger partial charge in [0.2, 0.25) is 5.91 Å². The summed E-state index contributed by atoms with van der Waals surface area (Å²) in [6, 6.07) is 0. The molecule has 0 atom stereocenters. The van der Waals surface area contributed by atoms with Crippen LogP contribution < -0.4 is 5.32 Å². The summed E-state index contributed by atoms with van der Waals surface area (Å²) in [6.45, 7) is 0. The Bertz CT molecular complexity index is 462. The smallest absolute Gasteiger partial charge is 0.220 e. The van der Waals surface area contributed by atoms with Crippen LogP contribution in [0.5, 0.6) is 0 Å². The van der Waals surface area contributed by atoms with Crippen molar-refractivity contribution in [1.29, 1.82) is 0 Å². The molecule has 0 aromatic carbocycles. The molecule has 1 N–H and O–H groups in total. The highest BCUT2D eigenvalue weighted by Crippen LogP contribution is 2.55. The van der Waals surface area contributed by atoms with E-state index in [1.165, 1.54) is 25.5 Å². The third-order valence-electron chi connectivity index (χ3n) is 5.36. The molecule has 0 unspecified atom stereocenters. The van der Waals surface area contributed by atoms with E-state index in [-0.39, 0.29) is 17.2 Å². The zero-order valence-electron chi connectivity index (χ0n) is 12.2. The maximum Gasteiger partial charge on any atom is 0.220 e. The van der Waals surface area contributed by atoms with Crippen LogP contribution in [0, 0.1) is 17.8 Å². The lowest BCUT2D eigenvalue weighted by atomic mass is 9.53. The van der Waals surface area contributed by atoms with Crippen LogP contribution in [-0.2, 0) is 14.6 Å². The van der Waals surface area contributed by atoms with Crippen molar-refractivity contribution in [3.63, 3.8) is 0 Å². The number of nitrogens with one attached hydrogen (secondary N) is 1. The van der Waals surface area contributed by atoms with Gasteiger partial charge in [-0.2, -0.15) is 0 Å². The first-order valence-corrected chi connectivity index (χ1v) is 9.88. The Morgan fingerprint density at radius 1 is 1.10 bits per heavy atom. The number of carbonyl (C=O) groups is 1. The van der Waals surface area contributed by atoms with Gasteiger partial charge in [-0.3, -0.25) is 4.79 Å². The van der Waals surface area contributed by atoms with Crippen LogP contribution in [0.4, 0.5) is 0 Å². The predicted molar refractivity (Wildman–Crippen MR) is 78.0 cm³/mol. The van der Waals surface area contributed by atoms with Crippen molar-refractivity contribution in [3.05, 3.63) is 0 Å². The zero-order valence-corrected chi connectivity index (χ0v) is 13.0. The van der Waals surface area contributed by atoms with Gasteiger partial charge in [0.25, 0.3) is 0 Å². The van der Waals surface area contributed by atoms with Crippen molar-refractivity contribution >= 4 is 15.7 Å². The molecule has 114 valence electrons. The summed E-state index contributed by atoms with van der Waals surface area (Å²) in [5.41, 5.74) is 0.0525. The van der Waals surface area contributed by atoms with E-state index in [2.05, 4.69) is 5.32 Å². The highest BCUT2D eigenvalue weighted by atomic mass is 32.2. The first-order chi connectivity index (χ1) is 9.34. The van der Waals surface area contributed by atoms with Gasteiger partial charge in [0.05, 0.1) is 5.75 Å². The van der Waals surface area contributed by atoms with Crippen LogP contribution in [0.15, 0.2) is 0 Å². The molecular weight excluding hydrogens is 274 g/mol. The Labute approximate surface area is 121 Å². The second-order valence-corrected chi connectivity index (χ2v) is 9.74.